The smallest absolute Gasteiger partial charge is 0.0911 e. The quantitative estimate of drug-likeness (QED) is 0.689. The molecule has 0 aliphatic carbocycles. The summed E-state index contributed by atoms with van der Waals surface area (Å²) in [4.78, 5) is 7.43. The highest BCUT2D eigenvalue weighted by atomic mass is 19.1. The van der Waals surface area contributed by atoms with E-state index in [1.54, 1.807) is 6.20 Å². The van der Waals surface area contributed by atoms with Crippen molar-refractivity contribution >= 4 is 27.5 Å². The van der Waals surface area contributed by atoms with Crippen molar-refractivity contribution in [3.05, 3.63) is 36.7 Å². The number of nitrogens with zero attached hydrogens (tertiary/aromatic N) is 1. The zero-order chi connectivity index (χ0) is 12.4. The lowest BCUT2D eigenvalue weighted by molar-refractivity contribution is 0.481. The molecule has 0 amide bonds. The van der Waals surface area contributed by atoms with Crippen molar-refractivity contribution in [1.82, 2.24) is 9.97 Å². The number of nitrogens with one attached hydrogen (secondary N) is 2. The summed E-state index contributed by atoms with van der Waals surface area (Å²) in [5, 5.41) is 5.57. The number of benzene rings is 1. The average Bonchev–Trinajstić information content (AvgIpc) is 2.76. The maximum absolute atomic E-state index is 12.0. The molecule has 0 atom stereocenters. The largest absolute Gasteiger partial charge is 0.385 e. The first-order chi connectivity index (χ1) is 8.88. The molecule has 3 nitrogen and oxygen atoms in total. The van der Waals surface area contributed by atoms with Crippen molar-refractivity contribution in [2.24, 2.45) is 0 Å². The molecular formula is C14H14FN3. The fraction of sp³-hybridized carbons (Fsp3) is 0.214. The lowest BCUT2D eigenvalue weighted by atomic mass is 10.2. The number of anilines is 1. The molecule has 0 radical (unpaired) electrons. The van der Waals surface area contributed by atoms with E-state index in [0.717, 1.165) is 16.7 Å². The van der Waals surface area contributed by atoms with Crippen molar-refractivity contribution in [2.75, 3.05) is 18.5 Å². The number of alkyl halides is 1. The van der Waals surface area contributed by atoms with E-state index in [2.05, 4.69) is 21.4 Å². The second-order valence-corrected chi connectivity index (χ2v) is 4.28. The number of halogens is 1. The van der Waals surface area contributed by atoms with Gasteiger partial charge in [-0.1, -0.05) is 6.07 Å². The molecule has 3 rings (SSSR count). The van der Waals surface area contributed by atoms with Gasteiger partial charge in [0.25, 0.3) is 0 Å². The highest BCUT2D eigenvalue weighted by Crippen LogP contribution is 2.26. The van der Waals surface area contributed by atoms with Gasteiger partial charge >= 0.3 is 0 Å². The Bertz CT molecular complexity index is 675. The van der Waals surface area contributed by atoms with Crippen LogP contribution < -0.4 is 5.32 Å². The molecule has 4 heteroatoms. The zero-order valence-electron chi connectivity index (χ0n) is 9.91. The number of aromatic amines is 1. The molecule has 0 aliphatic heterocycles. The van der Waals surface area contributed by atoms with E-state index in [0.29, 0.717) is 13.0 Å². The lowest BCUT2D eigenvalue weighted by Gasteiger charge is -2.04. The number of aromatic nitrogens is 2. The fourth-order valence-corrected chi connectivity index (χ4v) is 2.17. The van der Waals surface area contributed by atoms with Gasteiger partial charge in [0, 0.05) is 34.7 Å². The monoisotopic (exact) mass is 243 g/mol. The lowest BCUT2D eigenvalue weighted by Crippen LogP contribution is -2.01. The van der Waals surface area contributed by atoms with Crippen molar-refractivity contribution in [3.63, 3.8) is 0 Å². The maximum atomic E-state index is 12.0. The van der Waals surface area contributed by atoms with Crippen LogP contribution in [-0.2, 0) is 0 Å². The summed E-state index contributed by atoms with van der Waals surface area (Å²) in [6.45, 7) is 0.372. The van der Waals surface area contributed by atoms with Crippen LogP contribution >= 0.6 is 0 Å². The predicted molar refractivity (Wildman–Crippen MR) is 72.7 cm³/mol. The predicted octanol–water partition coefficient (Wildman–Crippen LogP) is 3.49. The standard InChI is InChI=1S/C14H14FN3/c15-5-1-6-17-10-2-3-11-12-4-7-16-9-14(12)18-13(11)8-10/h2-4,7-9,17-18H,1,5-6H2. The SMILES string of the molecule is FCCCNc1ccc2c(c1)[nH]c1cnccc12. The highest BCUT2D eigenvalue weighted by molar-refractivity contribution is 6.07. The minimum atomic E-state index is -0.284. The second kappa shape index (κ2) is 4.64. The molecule has 0 fully saturated rings. The van der Waals surface area contributed by atoms with Gasteiger partial charge < -0.3 is 10.3 Å². The zero-order valence-corrected chi connectivity index (χ0v) is 9.91. The average molecular weight is 243 g/mol. The van der Waals surface area contributed by atoms with Gasteiger partial charge in [-0.2, -0.15) is 0 Å². The van der Waals surface area contributed by atoms with Crippen LogP contribution in [0, 0.1) is 0 Å². The van der Waals surface area contributed by atoms with Crippen LogP contribution in [-0.4, -0.2) is 23.2 Å². The highest BCUT2D eigenvalue weighted by Gasteiger charge is 2.04. The molecule has 2 heterocycles. The van der Waals surface area contributed by atoms with Gasteiger partial charge in [-0.05, 0) is 24.6 Å². The number of hydrogen-bond donors (Lipinski definition) is 2. The number of pyridine rings is 1. The Kier molecular flexibility index (Phi) is 2.84. The van der Waals surface area contributed by atoms with Gasteiger partial charge in [-0.25, -0.2) is 0 Å². The molecule has 3 aromatic rings. The summed E-state index contributed by atoms with van der Waals surface area (Å²) in [6, 6.07) is 8.15. The molecule has 0 saturated carbocycles. The second-order valence-electron chi connectivity index (χ2n) is 4.28. The third-order valence-electron chi connectivity index (χ3n) is 3.04. The summed E-state index contributed by atoms with van der Waals surface area (Å²) in [5.41, 5.74) is 3.12. The van der Waals surface area contributed by atoms with E-state index in [4.69, 9.17) is 0 Å². The molecule has 0 saturated heterocycles. The Morgan fingerprint density at radius 2 is 2.06 bits per heavy atom. The third-order valence-corrected chi connectivity index (χ3v) is 3.04. The van der Waals surface area contributed by atoms with E-state index in [1.165, 1.54) is 10.8 Å². The Balaban J connectivity index is 1.99. The molecular weight excluding hydrogens is 229 g/mol. The molecule has 2 N–H and O–H groups in total. The van der Waals surface area contributed by atoms with Crippen molar-refractivity contribution < 1.29 is 4.39 Å². The molecule has 92 valence electrons. The van der Waals surface area contributed by atoms with Gasteiger partial charge in [0.1, 0.15) is 0 Å². The van der Waals surface area contributed by atoms with E-state index >= 15 is 0 Å². The first-order valence-electron chi connectivity index (χ1n) is 6.04. The van der Waals surface area contributed by atoms with Crippen molar-refractivity contribution in [3.8, 4) is 0 Å². The minimum absolute atomic E-state index is 0.284. The summed E-state index contributed by atoms with van der Waals surface area (Å²) in [7, 11) is 0. The molecule has 0 bridgehead atoms. The molecule has 18 heavy (non-hydrogen) atoms. The minimum Gasteiger partial charge on any atom is -0.385 e. The molecule has 1 aromatic carbocycles. The number of fused-ring (bicyclic) bond motifs is 3. The van der Waals surface area contributed by atoms with Crippen LogP contribution in [0.1, 0.15) is 6.42 Å². The van der Waals surface area contributed by atoms with Crippen LogP contribution in [0.15, 0.2) is 36.7 Å². The number of hydrogen-bond acceptors (Lipinski definition) is 2. The first kappa shape index (κ1) is 11.0. The van der Waals surface area contributed by atoms with Gasteiger partial charge in [-0.15, -0.1) is 0 Å². The van der Waals surface area contributed by atoms with Crippen molar-refractivity contribution in [1.29, 1.82) is 0 Å². The van der Waals surface area contributed by atoms with E-state index in [1.807, 2.05) is 24.4 Å². The number of rotatable bonds is 4. The Hall–Kier alpha value is -2.10. The fourth-order valence-electron chi connectivity index (χ4n) is 2.17. The van der Waals surface area contributed by atoms with Gasteiger partial charge in [0.2, 0.25) is 0 Å². The normalized spacial score (nSPS) is 11.2. The van der Waals surface area contributed by atoms with E-state index < -0.39 is 0 Å². The summed E-state index contributed by atoms with van der Waals surface area (Å²) >= 11 is 0. The third kappa shape index (κ3) is 1.90. The Morgan fingerprint density at radius 1 is 1.17 bits per heavy atom. The topological polar surface area (TPSA) is 40.7 Å². The van der Waals surface area contributed by atoms with Crippen LogP contribution in [0.2, 0.25) is 0 Å². The Morgan fingerprint density at radius 3 is 2.94 bits per heavy atom. The molecule has 2 aromatic heterocycles. The summed E-state index contributed by atoms with van der Waals surface area (Å²) < 4.78 is 12.0. The van der Waals surface area contributed by atoms with Crippen LogP contribution in [0.4, 0.5) is 10.1 Å². The molecule has 0 unspecified atom stereocenters. The van der Waals surface area contributed by atoms with Crippen LogP contribution in [0.5, 0.6) is 0 Å². The van der Waals surface area contributed by atoms with Gasteiger partial charge in [-0.3, -0.25) is 9.37 Å². The first-order valence-corrected chi connectivity index (χ1v) is 6.04. The summed E-state index contributed by atoms with van der Waals surface area (Å²) in [6.07, 6.45) is 4.16. The Labute approximate surface area is 104 Å². The van der Waals surface area contributed by atoms with Crippen LogP contribution in [0.25, 0.3) is 21.8 Å². The van der Waals surface area contributed by atoms with Crippen LogP contribution in [0.3, 0.4) is 0 Å². The van der Waals surface area contributed by atoms with Gasteiger partial charge in [0.05, 0.1) is 18.4 Å². The number of H-pyrrole nitrogens is 1. The maximum Gasteiger partial charge on any atom is 0.0911 e. The summed E-state index contributed by atoms with van der Waals surface area (Å²) in [5.74, 6) is 0. The van der Waals surface area contributed by atoms with E-state index in [-0.39, 0.29) is 6.67 Å². The van der Waals surface area contributed by atoms with Gasteiger partial charge in [0.15, 0.2) is 0 Å². The molecule has 0 spiro atoms. The van der Waals surface area contributed by atoms with Crippen molar-refractivity contribution in [2.45, 2.75) is 6.42 Å². The molecule has 0 aliphatic rings. The van der Waals surface area contributed by atoms with E-state index in [9.17, 15) is 4.39 Å².